The van der Waals surface area contributed by atoms with Crippen LogP contribution < -0.4 is 9.64 Å². The molecule has 0 bridgehead atoms. The quantitative estimate of drug-likeness (QED) is 0.216. The number of carbonyl (C=O) groups excluding carboxylic acids is 2. The Bertz CT molecular complexity index is 1590. The second kappa shape index (κ2) is 8.80. The number of ether oxygens (including phenoxy) is 1. The molecule has 1 unspecified atom stereocenters. The van der Waals surface area contributed by atoms with Crippen LogP contribution in [0, 0.1) is 20.8 Å². The molecule has 1 saturated heterocycles. The molecule has 3 aromatic carbocycles. The Hall–Kier alpha value is -4.17. The number of aliphatic hydroxyl groups excluding tert-OH is 1. The molecule has 36 heavy (non-hydrogen) atoms. The third-order valence-corrected chi connectivity index (χ3v) is 7.37. The first-order valence-electron chi connectivity index (χ1n) is 11.3. The van der Waals surface area contributed by atoms with Gasteiger partial charge in [0.1, 0.15) is 5.76 Å². The number of thiazole rings is 1. The number of aliphatic hydroxyl groups is 1. The number of amides is 1. The Kier molecular flexibility index (Phi) is 5.76. The first-order valence-corrected chi connectivity index (χ1v) is 12.1. The molecule has 0 spiro atoms. The molecule has 1 amide bonds. The number of fused-ring (bicyclic) bond motifs is 1. The Balaban J connectivity index is 1.78. The molecular formula is C28H24N2O5S. The summed E-state index contributed by atoms with van der Waals surface area (Å²) in [5.74, 6) is -1.74. The Morgan fingerprint density at radius 1 is 1.00 bits per heavy atom. The van der Waals surface area contributed by atoms with Gasteiger partial charge in [-0.05, 0) is 67.8 Å². The number of aromatic hydroxyl groups is 1. The predicted molar refractivity (Wildman–Crippen MR) is 140 cm³/mol. The summed E-state index contributed by atoms with van der Waals surface area (Å²) < 4.78 is 6.16. The SMILES string of the molecule is COc1cc(C2C(=C(O)c3cc(C)ccc3C)C(=O)C(=O)N2c2nc3ccc(C)cc3s2)ccc1O. The highest BCUT2D eigenvalue weighted by Crippen LogP contribution is 2.46. The number of benzene rings is 3. The van der Waals surface area contributed by atoms with E-state index in [9.17, 15) is 19.8 Å². The van der Waals surface area contributed by atoms with Gasteiger partial charge in [-0.3, -0.25) is 14.5 Å². The van der Waals surface area contributed by atoms with Crippen LogP contribution in [-0.4, -0.2) is 34.0 Å². The second-order valence-corrected chi connectivity index (χ2v) is 9.90. The summed E-state index contributed by atoms with van der Waals surface area (Å²) in [6.07, 6.45) is 0. The minimum atomic E-state index is -0.971. The lowest BCUT2D eigenvalue weighted by Gasteiger charge is -2.23. The number of Topliss-reactive ketones (excluding diaryl/α,β-unsaturated/α-hetero) is 1. The molecule has 2 heterocycles. The molecule has 182 valence electrons. The smallest absolute Gasteiger partial charge is 0.301 e. The number of phenols is 1. The number of aryl methyl sites for hydroxylation is 3. The third-order valence-electron chi connectivity index (χ3n) is 6.35. The van der Waals surface area contributed by atoms with Crippen LogP contribution in [0.5, 0.6) is 11.5 Å². The number of ketones is 1. The number of nitrogens with zero attached hydrogens (tertiary/aromatic N) is 2. The summed E-state index contributed by atoms with van der Waals surface area (Å²) in [5, 5.41) is 22.0. The highest BCUT2D eigenvalue weighted by molar-refractivity contribution is 7.22. The van der Waals surface area contributed by atoms with Crippen LogP contribution in [0.2, 0.25) is 0 Å². The van der Waals surface area contributed by atoms with Gasteiger partial charge < -0.3 is 14.9 Å². The number of hydrogen-bond acceptors (Lipinski definition) is 7. The molecule has 8 heteroatoms. The predicted octanol–water partition coefficient (Wildman–Crippen LogP) is 5.56. The molecule has 1 aliphatic heterocycles. The van der Waals surface area contributed by atoms with Crippen LogP contribution in [0.25, 0.3) is 16.0 Å². The number of phenolic OH excluding ortho intramolecular Hbond substituents is 1. The van der Waals surface area contributed by atoms with E-state index >= 15 is 0 Å². The fourth-order valence-electron chi connectivity index (χ4n) is 4.47. The van der Waals surface area contributed by atoms with E-state index in [1.54, 1.807) is 18.2 Å². The summed E-state index contributed by atoms with van der Waals surface area (Å²) in [5.41, 5.74) is 4.35. The summed E-state index contributed by atoms with van der Waals surface area (Å²) in [6.45, 7) is 5.69. The van der Waals surface area contributed by atoms with Gasteiger partial charge in [0.05, 0.1) is 28.9 Å². The van der Waals surface area contributed by atoms with Crippen molar-refractivity contribution < 1.29 is 24.5 Å². The summed E-state index contributed by atoms with van der Waals surface area (Å²) >= 11 is 1.30. The maximum Gasteiger partial charge on any atom is 0.301 e. The largest absolute Gasteiger partial charge is 0.507 e. The van der Waals surface area contributed by atoms with Gasteiger partial charge in [0.2, 0.25) is 0 Å². The topological polar surface area (TPSA) is 100.0 Å². The van der Waals surface area contributed by atoms with Gasteiger partial charge in [-0.15, -0.1) is 0 Å². The van der Waals surface area contributed by atoms with Crippen LogP contribution in [0.3, 0.4) is 0 Å². The van der Waals surface area contributed by atoms with Crippen LogP contribution in [-0.2, 0) is 9.59 Å². The zero-order chi connectivity index (χ0) is 25.7. The van der Waals surface area contributed by atoms with E-state index in [2.05, 4.69) is 4.98 Å². The lowest BCUT2D eigenvalue weighted by Crippen LogP contribution is -2.29. The Morgan fingerprint density at radius 2 is 1.72 bits per heavy atom. The average Bonchev–Trinajstić information content (AvgIpc) is 3.38. The summed E-state index contributed by atoms with van der Waals surface area (Å²) in [6, 6.07) is 15.0. The third kappa shape index (κ3) is 3.79. The van der Waals surface area contributed by atoms with Crippen molar-refractivity contribution in [1.29, 1.82) is 0 Å². The lowest BCUT2D eigenvalue weighted by atomic mass is 9.93. The minimum Gasteiger partial charge on any atom is -0.507 e. The van der Waals surface area contributed by atoms with E-state index in [-0.39, 0.29) is 22.8 Å². The molecule has 0 radical (unpaired) electrons. The van der Waals surface area contributed by atoms with Crippen molar-refractivity contribution in [2.24, 2.45) is 0 Å². The molecular weight excluding hydrogens is 476 g/mol. The minimum absolute atomic E-state index is 0.0446. The molecule has 7 nitrogen and oxygen atoms in total. The highest BCUT2D eigenvalue weighted by atomic mass is 32.1. The number of anilines is 1. The lowest BCUT2D eigenvalue weighted by molar-refractivity contribution is -0.132. The van der Waals surface area contributed by atoms with E-state index in [0.717, 1.165) is 21.4 Å². The first kappa shape index (κ1) is 23.6. The summed E-state index contributed by atoms with van der Waals surface area (Å²) in [7, 11) is 1.42. The van der Waals surface area contributed by atoms with Gasteiger partial charge in [-0.25, -0.2) is 4.98 Å². The van der Waals surface area contributed by atoms with Crippen molar-refractivity contribution in [1.82, 2.24) is 4.98 Å². The van der Waals surface area contributed by atoms with Crippen LogP contribution in [0.15, 0.2) is 60.2 Å². The number of carbonyl (C=O) groups is 2. The van der Waals surface area contributed by atoms with Gasteiger partial charge in [0, 0.05) is 5.56 Å². The molecule has 2 N–H and O–H groups in total. The number of rotatable bonds is 4. The van der Waals surface area contributed by atoms with E-state index in [4.69, 9.17) is 4.74 Å². The average molecular weight is 501 g/mol. The Labute approximate surface area is 211 Å². The number of methoxy groups -OCH3 is 1. The monoisotopic (exact) mass is 500 g/mol. The standard InChI is InChI=1S/C28H24N2O5S/c1-14-5-7-16(3)18(11-14)25(32)23-24(17-8-10-20(31)21(13-17)35-4)30(27(34)26(23)33)28-29-19-9-6-15(2)12-22(19)36-28/h5-13,24,31-32H,1-4H3. The van der Waals surface area contributed by atoms with Crippen molar-refractivity contribution in [2.45, 2.75) is 26.8 Å². The molecule has 5 rings (SSSR count). The van der Waals surface area contributed by atoms with Gasteiger partial charge in [0.25, 0.3) is 5.78 Å². The fraction of sp³-hybridized carbons (Fsp3) is 0.179. The van der Waals surface area contributed by atoms with E-state index in [0.29, 0.717) is 21.8 Å². The fourth-order valence-corrected chi connectivity index (χ4v) is 5.56. The molecule has 1 aliphatic rings. The number of aromatic nitrogens is 1. The zero-order valence-electron chi connectivity index (χ0n) is 20.2. The molecule has 4 aromatic rings. The zero-order valence-corrected chi connectivity index (χ0v) is 21.0. The second-order valence-electron chi connectivity index (χ2n) is 8.89. The molecule has 0 aliphatic carbocycles. The van der Waals surface area contributed by atoms with Gasteiger partial charge in [0.15, 0.2) is 16.6 Å². The van der Waals surface area contributed by atoms with Crippen molar-refractivity contribution in [3.63, 3.8) is 0 Å². The normalized spacial score (nSPS) is 17.2. The van der Waals surface area contributed by atoms with Crippen molar-refractivity contribution in [3.8, 4) is 11.5 Å². The van der Waals surface area contributed by atoms with Crippen LogP contribution >= 0.6 is 11.3 Å². The van der Waals surface area contributed by atoms with Crippen molar-refractivity contribution in [2.75, 3.05) is 12.0 Å². The van der Waals surface area contributed by atoms with Crippen LogP contribution in [0.1, 0.15) is 33.9 Å². The number of hydrogen-bond donors (Lipinski definition) is 2. The first-order chi connectivity index (χ1) is 17.2. The Morgan fingerprint density at radius 3 is 2.47 bits per heavy atom. The molecule has 1 fully saturated rings. The van der Waals surface area contributed by atoms with E-state index in [1.807, 2.05) is 51.1 Å². The maximum atomic E-state index is 13.5. The van der Waals surface area contributed by atoms with Crippen molar-refractivity contribution in [3.05, 3.63) is 88.0 Å². The maximum absolute atomic E-state index is 13.5. The van der Waals surface area contributed by atoms with Gasteiger partial charge in [-0.1, -0.05) is 41.2 Å². The molecule has 1 atom stereocenters. The van der Waals surface area contributed by atoms with E-state index < -0.39 is 17.7 Å². The molecule has 1 aromatic heterocycles. The molecule has 0 saturated carbocycles. The summed E-state index contributed by atoms with van der Waals surface area (Å²) in [4.78, 5) is 32.9. The van der Waals surface area contributed by atoms with Crippen molar-refractivity contribution >= 4 is 44.1 Å². The van der Waals surface area contributed by atoms with E-state index in [1.165, 1.54) is 29.4 Å². The van der Waals surface area contributed by atoms with Gasteiger partial charge >= 0.3 is 5.91 Å². The highest BCUT2D eigenvalue weighted by Gasteiger charge is 2.48. The van der Waals surface area contributed by atoms with Gasteiger partial charge in [-0.2, -0.15) is 0 Å². The van der Waals surface area contributed by atoms with Crippen LogP contribution in [0.4, 0.5) is 5.13 Å².